The molecule has 0 radical (unpaired) electrons. The molecule has 0 spiro atoms. The lowest BCUT2D eigenvalue weighted by molar-refractivity contribution is -0.118. The van der Waals surface area contributed by atoms with Gasteiger partial charge >= 0.3 is 0 Å². The molecule has 21 heavy (non-hydrogen) atoms. The minimum Gasteiger partial charge on any atom is -0.399 e. The zero-order chi connectivity index (χ0) is 15.2. The molecule has 0 unspecified atom stereocenters. The third kappa shape index (κ3) is 4.83. The van der Waals surface area contributed by atoms with Crippen LogP contribution in [0.25, 0.3) is 0 Å². The fraction of sp³-hybridized carbons (Fsp3) is 0.235. The van der Waals surface area contributed by atoms with Gasteiger partial charge in [0.25, 0.3) is 0 Å². The lowest BCUT2D eigenvalue weighted by Gasteiger charge is -2.07. The normalized spacial score (nSPS) is 10.4. The van der Waals surface area contributed by atoms with Crippen LogP contribution in [0.1, 0.15) is 16.7 Å². The van der Waals surface area contributed by atoms with Crippen LogP contribution in [0.15, 0.2) is 47.4 Å². The second-order valence-electron chi connectivity index (χ2n) is 5.07. The molecule has 2 aromatic rings. The number of carbonyl (C=O) groups is 1. The van der Waals surface area contributed by atoms with Crippen LogP contribution in [-0.4, -0.2) is 11.7 Å². The predicted octanol–water partition coefficient (Wildman–Crippen LogP) is 3.29. The Bertz CT molecular complexity index is 623. The number of aryl methyl sites for hydroxylation is 2. The highest BCUT2D eigenvalue weighted by atomic mass is 32.2. The maximum absolute atomic E-state index is 11.9. The van der Waals surface area contributed by atoms with Gasteiger partial charge in [-0.2, -0.15) is 0 Å². The summed E-state index contributed by atoms with van der Waals surface area (Å²) in [5.41, 5.74) is 9.94. The smallest absolute Gasteiger partial charge is 0.230 e. The van der Waals surface area contributed by atoms with Gasteiger partial charge in [0.05, 0.1) is 5.75 Å². The van der Waals surface area contributed by atoms with Gasteiger partial charge in [0, 0.05) is 17.1 Å². The van der Waals surface area contributed by atoms with E-state index in [-0.39, 0.29) is 5.91 Å². The quantitative estimate of drug-likeness (QED) is 0.658. The van der Waals surface area contributed by atoms with Gasteiger partial charge < -0.3 is 11.1 Å². The Morgan fingerprint density at radius 2 is 1.86 bits per heavy atom. The van der Waals surface area contributed by atoms with Crippen LogP contribution >= 0.6 is 11.8 Å². The van der Waals surface area contributed by atoms with Gasteiger partial charge in [-0.05, 0) is 43.2 Å². The summed E-state index contributed by atoms with van der Waals surface area (Å²) in [5.74, 6) is 0.449. The van der Waals surface area contributed by atoms with Gasteiger partial charge in [-0.1, -0.05) is 29.8 Å². The Labute approximate surface area is 129 Å². The molecule has 0 aromatic heterocycles. The number of anilines is 1. The first-order valence-electron chi connectivity index (χ1n) is 6.86. The van der Waals surface area contributed by atoms with E-state index in [0.717, 1.165) is 21.7 Å². The van der Waals surface area contributed by atoms with E-state index in [9.17, 15) is 4.79 Å². The highest BCUT2D eigenvalue weighted by Gasteiger charge is 2.04. The van der Waals surface area contributed by atoms with Crippen molar-refractivity contribution in [3.05, 3.63) is 59.2 Å². The molecule has 3 nitrogen and oxygen atoms in total. The lowest BCUT2D eigenvalue weighted by Crippen LogP contribution is -2.24. The van der Waals surface area contributed by atoms with E-state index in [1.54, 1.807) is 0 Å². The van der Waals surface area contributed by atoms with Crippen molar-refractivity contribution in [2.75, 3.05) is 11.5 Å². The highest BCUT2D eigenvalue weighted by Crippen LogP contribution is 2.22. The first-order chi connectivity index (χ1) is 10.0. The van der Waals surface area contributed by atoms with Gasteiger partial charge in [-0.3, -0.25) is 4.79 Å². The van der Waals surface area contributed by atoms with Gasteiger partial charge in [-0.15, -0.1) is 11.8 Å². The highest BCUT2D eigenvalue weighted by molar-refractivity contribution is 8.00. The maximum Gasteiger partial charge on any atom is 0.230 e. The van der Waals surface area contributed by atoms with E-state index in [2.05, 4.69) is 5.32 Å². The van der Waals surface area contributed by atoms with E-state index in [4.69, 9.17) is 5.73 Å². The van der Waals surface area contributed by atoms with Crippen LogP contribution < -0.4 is 11.1 Å². The van der Waals surface area contributed by atoms with Gasteiger partial charge in [0.15, 0.2) is 0 Å². The van der Waals surface area contributed by atoms with Crippen LogP contribution in [0, 0.1) is 13.8 Å². The van der Waals surface area contributed by atoms with Crippen molar-refractivity contribution in [1.29, 1.82) is 0 Å². The Morgan fingerprint density at radius 1 is 1.14 bits per heavy atom. The zero-order valence-corrected chi connectivity index (χ0v) is 13.2. The van der Waals surface area contributed by atoms with Crippen LogP contribution in [0.3, 0.4) is 0 Å². The molecule has 0 saturated carbocycles. The van der Waals surface area contributed by atoms with Crippen LogP contribution in [-0.2, 0) is 11.3 Å². The number of hydrogen-bond donors (Lipinski definition) is 2. The third-order valence-electron chi connectivity index (χ3n) is 3.22. The fourth-order valence-corrected chi connectivity index (χ4v) is 2.67. The SMILES string of the molecule is Cc1ccc(CNC(=O)CSc2ccc(N)c(C)c2)cc1. The predicted molar refractivity (Wildman–Crippen MR) is 89.3 cm³/mol. The van der Waals surface area contributed by atoms with Gasteiger partial charge in [0.1, 0.15) is 0 Å². The first-order valence-corrected chi connectivity index (χ1v) is 7.84. The Kier molecular flexibility index (Phi) is 5.28. The van der Waals surface area contributed by atoms with E-state index < -0.39 is 0 Å². The zero-order valence-electron chi connectivity index (χ0n) is 12.3. The molecule has 0 aliphatic rings. The summed E-state index contributed by atoms with van der Waals surface area (Å²) in [5, 5.41) is 2.93. The second-order valence-corrected chi connectivity index (χ2v) is 6.12. The number of hydrogen-bond acceptors (Lipinski definition) is 3. The second kappa shape index (κ2) is 7.18. The molecule has 0 fully saturated rings. The van der Waals surface area contributed by atoms with Crippen molar-refractivity contribution in [2.45, 2.75) is 25.3 Å². The molecular formula is C17H20N2OS. The van der Waals surface area contributed by atoms with Crippen molar-refractivity contribution < 1.29 is 4.79 Å². The summed E-state index contributed by atoms with van der Waals surface area (Å²) in [4.78, 5) is 12.9. The summed E-state index contributed by atoms with van der Waals surface area (Å²) < 4.78 is 0. The first kappa shape index (κ1) is 15.4. The van der Waals surface area contributed by atoms with E-state index in [0.29, 0.717) is 12.3 Å². The van der Waals surface area contributed by atoms with E-state index >= 15 is 0 Å². The molecule has 2 rings (SSSR count). The molecule has 0 bridgehead atoms. The standard InChI is InChI=1S/C17H20N2OS/c1-12-3-5-14(6-4-12)10-19-17(20)11-21-15-7-8-16(18)13(2)9-15/h3-9H,10-11,18H2,1-2H3,(H,19,20). The minimum absolute atomic E-state index is 0.0371. The number of carbonyl (C=O) groups excluding carboxylic acids is 1. The van der Waals surface area contributed by atoms with Crippen LogP contribution in [0.4, 0.5) is 5.69 Å². The number of nitrogens with one attached hydrogen (secondary N) is 1. The molecule has 0 aliphatic carbocycles. The average molecular weight is 300 g/mol. The van der Waals surface area contributed by atoms with Crippen molar-refractivity contribution in [3.8, 4) is 0 Å². The van der Waals surface area contributed by atoms with E-state index in [1.807, 2.05) is 56.3 Å². The Morgan fingerprint density at radius 3 is 2.52 bits per heavy atom. The van der Waals surface area contributed by atoms with Gasteiger partial charge in [-0.25, -0.2) is 0 Å². The topological polar surface area (TPSA) is 55.1 Å². The molecule has 1 amide bonds. The lowest BCUT2D eigenvalue weighted by atomic mass is 10.1. The summed E-state index contributed by atoms with van der Waals surface area (Å²) >= 11 is 1.52. The van der Waals surface area contributed by atoms with Crippen molar-refractivity contribution in [1.82, 2.24) is 5.32 Å². The molecule has 0 aliphatic heterocycles. The summed E-state index contributed by atoms with van der Waals surface area (Å²) in [6, 6.07) is 14.0. The number of rotatable bonds is 5. The molecule has 0 saturated heterocycles. The molecule has 2 aromatic carbocycles. The van der Waals surface area contributed by atoms with Gasteiger partial charge in [0.2, 0.25) is 5.91 Å². The average Bonchev–Trinajstić information content (AvgIpc) is 2.48. The molecule has 110 valence electrons. The van der Waals surface area contributed by atoms with E-state index in [1.165, 1.54) is 17.3 Å². The number of nitrogens with two attached hydrogens (primary N) is 1. The fourth-order valence-electron chi connectivity index (χ4n) is 1.84. The van der Waals surface area contributed by atoms with Crippen molar-refractivity contribution in [2.24, 2.45) is 0 Å². The molecule has 0 atom stereocenters. The monoisotopic (exact) mass is 300 g/mol. The largest absolute Gasteiger partial charge is 0.399 e. The molecule has 3 N–H and O–H groups in total. The summed E-state index contributed by atoms with van der Waals surface area (Å²) in [6.45, 7) is 4.59. The maximum atomic E-state index is 11.9. The summed E-state index contributed by atoms with van der Waals surface area (Å²) in [7, 11) is 0. The number of thioether (sulfide) groups is 1. The minimum atomic E-state index is 0.0371. The Hall–Kier alpha value is -1.94. The van der Waals surface area contributed by atoms with Crippen LogP contribution in [0.5, 0.6) is 0 Å². The molecule has 0 heterocycles. The van der Waals surface area contributed by atoms with Crippen LogP contribution in [0.2, 0.25) is 0 Å². The Balaban J connectivity index is 1.79. The van der Waals surface area contributed by atoms with Crippen molar-refractivity contribution >= 4 is 23.4 Å². The number of nitrogen functional groups attached to an aromatic ring is 1. The molecule has 4 heteroatoms. The van der Waals surface area contributed by atoms with Crippen molar-refractivity contribution in [3.63, 3.8) is 0 Å². The molecular weight excluding hydrogens is 280 g/mol. The summed E-state index contributed by atoms with van der Waals surface area (Å²) in [6.07, 6.45) is 0. The number of amides is 1. The number of benzene rings is 2. The third-order valence-corrected chi connectivity index (χ3v) is 4.22.